The predicted octanol–water partition coefficient (Wildman–Crippen LogP) is 2.75. The summed E-state index contributed by atoms with van der Waals surface area (Å²) in [6, 6.07) is 1.32. The van der Waals surface area contributed by atoms with Crippen LogP contribution in [0.5, 0.6) is 0 Å². The van der Waals surface area contributed by atoms with Crippen molar-refractivity contribution in [3.05, 3.63) is 28.8 Å². The van der Waals surface area contributed by atoms with Crippen LogP contribution in [0.1, 0.15) is 24.5 Å². The molecule has 1 aromatic heterocycles. The number of hydrogen-bond donors (Lipinski definition) is 0. The van der Waals surface area contributed by atoms with E-state index in [1.165, 1.54) is 12.3 Å². The smallest absolute Gasteiger partial charge is 0.146 e. The molecule has 0 aromatic carbocycles. The largest absolute Gasteiger partial charge is 0.256 e. The fourth-order valence-corrected chi connectivity index (χ4v) is 1.23. The molecule has 1 aliphatic rings. The fraction of sp³-hybridized carbons (Fsp3) is 0.375. The molecule has 0 radical (unpaired) electrons. The molecule has 0 aliphatic heterocycles. The maximum atomic E-state index is 13.0. The van der Waals surface area contributed by atoms with Crippen molar-refractivity contribution in [2.24, 2.45) is 0 Å². The highest BCUT2D eigenvalue weighted by Crippen LogP contribution is 2.40. The molecule has 11 heavy (non-hydrogen) atoms. The van der Waals surface area contributed by atoms with E-state index in [0.29, 0.717) is 16.6 Å². The molecule has 58 valence electrons. The van der Waals surface area contributed by atoms with Gasteiger partial charge in [-0.25, -0.2) is 4.39 Å². The van der Waals surface area contributed by atoms with Gasteiger partial charge in [0, 0.05) is 12.1 Å². The van der Waals surface area contributed by atoms with Crippen LogP contribution < -0.4 is 0 Å². The number of rotatable bonds is 1. The van der Waals surface area contributed by atoms with E-state index in [9.17, 15) is 4.39 Å². The zero-order chi connectivity index (χ0) is 7.84. The van der Waals surface area contributed by atoms with E-state index in [4.69, 9.17) is 11.6 Å². The van der Waals surface area contributed by atoms with Gasteiger partial charge in [-0.3, -0.25) is 4.98 Å². The van der Waals surface area contributed by atoms with Crippen molar-refractivity contribution in [3.63, 3.8) is 0 Å². The lowest BCUT2D eigenvalue weighted by Gasteiger charge is -1.98. The van der Waals surface area contributed by atoms with Crippen LogP contribution >= 0.6 is 11.6 Å². The molecule has 1 aromatic rings. The molecule has 0 N–H and O–H groups in total. The summed E-state index contributed by atoms with van der Waals surface area (Å²) in [6.07, 6.45) is 3.62. The highest BCUT2D eigenvalue weighted by atomic mass is 35.5. The van der Waals surface area contributed by atoms with Gasteiger partial charge in [-0.15, -0.1) is 0 Å². The van der Waals surface area contributed by atoms with Gasteiger partial charge in [0.1, 0.15) is 5.82 Å². The normalized spacial score (nSPS) is 16.9. The quantitative estimate of drug-likeness (QED) is 0.633. The first-order valence-electron chi connectivity index (χ1n) is 3.58. The number of aromatic nitrogens is 1. The van der Waals surface area contributed by atoms with E-state index < -0.39 is 0 Å². The molecule has 1 nitrogen and oxygen atoms in total. The molecule has 0 unspecified atom stereocenters. The molecule has 0 amide bonds. The molecule has 2 rings (SSSR count). The molecule has 1 aliphatic carbocycles. The van der Waals surface area contributed by atoms with Crippen molar-refractivity contribution >= 4 is 11.6 Å². The molecular weight excluding hydrogens is 165 g/mol. The van der Waals surface area contributed by atoms with Crippen LogP contribution in [0.15, 0.2) is 12.3 Å². The Kier molecular flexibility index (Phi) is 1.57. The lowest BCUT2D eigenvalue weighted by atomic mass is 10.2. The summed E-state index contributed by atoms with van der Waals surface area (Å²) >= 11 is 5.54. The van der Waals surface area contributed by atoms with Crippen molar-refractivity contribution in [3.8, 4) is 0 Å². The van der Waals surface area contributed by atoms with Gasteiger partial charge >= 0.3 is 0 Å². The van der Waals surface area contributed by atoms with Crippen molar-refractivity contribution in [1.82, 2.24) is 4.98 Å². The SMILES string of the molecule is Fc1cc(Cl)cnc1C1CC1. The highest BCUT2D eigenvalue weighted by Gasteiger charge is 2.27. The molecule has 0 spiro atoms. The van der Waals surface area contributed by atoms with Gasteiger partial charge < -0.3 is 0 Å². The molecule has 1 saturated carbocycles. The van der Waals surface area contributed by atoms with Gasteiger partial charge in [0.2, 0.25) is 0 Å². The van der Waals surface area contributed by atoms with E-state index in [1.54, 1.807) is 0 Å². The van der Waals surface area contributed by atoms with Crippen molar-refractivity contribution in [2.45, 2.75) is 18.8 Å². The molecule has 0 atom stereocenters. The van der Waals surface area contributed by atoms with E-state index in [0.717, 1.165) is 12.8 Å². The van der Waals surface area contributed by atoms with Crippen LogP contribution in [0.3, 0.4) is 0 Å². The van der Waals surface area contributed by atoms with Gasteiger partial charge in [-0.1, -0.05) is 11.6 Å². The third-order valence-corrected chi connectivity index (χ3v) is 2.01. The van der Waals surface area contributed by atoms with Crippen LogP contribution in [0.2, 0.25) is 5.02 Å². The maximum Gasteiger partial charge on any atom is 0.146 e. The van der Waals surface area contributed by atoms with Crippen molar-refractivity contribution in [2.75, 3.05) is 0 Å². The second-order valence-corrected chi connectivity index (χ2v) is 3.23. The van der Waals surface area contributed by atoms with Crippen LogP contribution in [0.25, 0.3) is 0 Å². The standard InChI is InChI=1S/C8H7ClFN/c9-6-3-7(10)8(11-4-6)5-1-2-5/h3-5H,1-2H2. The first-order chi connectivity index (χ1) is 5.27. The fourth-order valence-electron chi connectivity index (χ4n) is 1.08. The average molecular weight is 172 g/mol. The van der Waals surface area contributed by atoms with Crippen molar-refractivity contribution in [1.29, 1.82) is 0 Å². The summed E-state index contributed by atoms with van der Waals surface area (Å²) in [6.45, 7) is 0. The Bertz CT molecular complexity index is 283. The second-order valence-electron chi connectivity index (χ2n) is 2.79. The van der Waals surface area contributed by atoms with Crippen LogP contribution in [-0.4, -0.2) is 4.98 Å². The summed E-state index contributed by atoms with van der Waals surface area (Å²) in [5.74, 6) is 0.0901. The van der Waals surface area contributed by atoms with E-state index >= 15 is 0 Å². The van der Waals surface area contributed by atoms with Crippen LogP contribution in [0, 0.1) is 5.82 Å². The Balaban J connectivity index is 2.39. The Hall–Kier alpha value is -0.630. The number of hydrogen-bond acceptors (Lipinski definition) is 1. The monoisotopic (exact) mass is 171 g/mol. The Morgan fingerprint density at radius 2 is 2.27 bits per heavy atom. The first kappa shape index (κ1) is 7.04. The summed E-state index contributed by atoms with van der Waals surface area (Å²) in [5.41, 5.74) is 0.578. The minimum atomic E-state index is -0.264. The van der Waals surface area contributed by atoms with Gasteiger partial charge in [0.25, 0.3) is 0 Å². The number of nitrogens with zero attached hydrogens (tertiary/aromatic N) is 1. The Morgan fingerprint density at radius 1 is 1.55 bits per heavy atom. The lowest BCUT2D eigenvalue weighted by molar-refractivity contribution is 0.600. The Morgan fingerprint density at radius 3 is 2.82 bits per heavy atom. The third kappa shape index (κ3) is 1.36. The van der Waals surface area contributed by atoms with E-state index in [-0.39, 0.29) is 5.82 Å². The summed E-state index contributed by atoms with van der Waals surface area (Å²) in [5, 5.41) is 0.368. The summed E-state index contributed by atoms with van der Waals surface area (Å²) in [7, 11) is 0. The third-order valence-electron chi connectivity index (χ3n) is 1.80. The predicted molar refractivity (Wildman–Crippen MR) is 41.2 cm³/mol. The minimum Gasteiger partial charge on any atom is -0.256 e. The number of halogens is 2. The lowest BCUT2D eigenvalue weighted by Crippen LogP contribution is -1.90. The van der Waals surface area contributed by atoms with E-state index in [2.05, 4.69) is 4.98 Å². The van der Waals surface area contributed by atoms with Crippen LogP contribution in [0.4, 0.5) is 4.39 Å². The molecule has 0 bridgehead atoms. The molecular formula is C8H7ClFN. The van der Waals surface area contributed by atoms with Gasteiger partial charge in [-0.05, 0) is 18.9 Å². The van der Waals surface area contributed by atoms with Crippen molar-refractivity contribution < 1.29 is 4.39 Å². The molecule has 3 heteroatoms. The zero-order valence-electron chi connectivity index (χ0n) is 5.85. The first-order valence-corrected chi connectivity index (χ1v) is 3.96. The van der Waals surface area contributed by atoms with Gasteiger partial charge in [-0.2, -0.15) is 0 Å². The van der Waals surface area contributed by atoms with Crippen LogP contribution in [-0.2, 0) is 0 Å². The minimum absolute atomic E-state index is 0.264. The summed E-state index contributed by atoms with van der Waals surface area (Å²) in [4.78, 5) is 3.93. The highest BCUT2D eigenvalue weighted by molar-refractivity contribution is 6.30. The zero-order valence-corrected chi connectivity index (χ0v) is 6.61. The molecule has 1 fully saturated rings. The Labute approximate surface area is 69.2 Å². The summed E-state index contributed by atoms with van der Waals surface area (Å²) < 4.78 is 13.0. The second kappa shape index (κ2) is 2.45. The number of pyridine rings is 1. The topological polar surface area (TPSA) is 12.9 Å². The average Bonchev–Trinajstić information content (AvgIpc) is 2.70. The van der Waals surface area contributed by atoms with E-state index in [1.807, 2.05) is 0 Å². The van der Waals surface area contributed by atoms with Gasteiger partial charge in [0.15, 0.2) is 0 Å². The molecule has 0 saturated heterocycles. The maximum absolute atomic E-state index is 13.0. The molecule has 1 heterocycles. The van der Waals surface area contributed by atoms with Gasteiger partial charge in [0.05, 0.1) is 10.7 Å².